The fraction of sp³-hybridized carbons (Fsp3) is 0.190. The monoisotopic (exact) mass is 377 g/mol. The van der Waals surface area contributed by atoms with E-state index < -0.39 is 0 Å². The number of likely N-dealkylation sites (N-methyl/N-ethyl adjacent to an activating group) is 1. The molecule has 3 aromatic rings. The number of carbonyl (C=O) groups is 1. The van der Waals surface area contributed by atoms with Crippen LogP contribution in [0.15, 0.2) is 67.0 Å². The highest BCUT2D eigenvalue weighted by Gasteiger charge is 2.07. The molecule has 0 radical (unpaired) electrons. The van der Waals surface area contributed by atoms with Gasteiger partial charge in [-0.1, -0.05) is 6.07 Å². The molecule has 7 heteroatoms. The summed E-state index contributed by atoms with van der Waals surface area (Å²) in [6.45, 7) is 1.41. The maximum absolute atomic E-state index is 12.5. The Labute approximate surface area is 164 Å². The molecule has 3 rings (SSSR count). The molecule has 0 bridgehead atoms. The fourth-order valence-corrected chi connectivity index (χ4v) is 2.41. The van der Waals surface area contributed by atoms with E-state index in [0.29, 0.717) is 23.8 Å². The lowest BCUT2D eigenvalue weighted by Crippen LogP contribution is -2.19. The summed E-state index contributed by atoms with van der Waals surface area (Å²) in [7, 11) is 3.99. The molecule has 0 spiro atoms. The Morgan fingerprint density at radius 3 is 2.46 bits per heavy atom. The number of amides is 1. The largest absolute Gasteiger partial charge is 0.492 e. The van der Waals surface area contributed by atoms with Crippen LogP contribution in [0.1, 0.15) is 10.4 Å². The van der Waals surface area contributed by atoms with Crippen molar-refractivity contribution < 1.29 is 9.53 Å². The van der Waals surface area contributed by atoms with Crippen LogP contribution in [0.25, 0.3) is 0 Å². The zero-order valence-electron chi connectivity index (χ0n) is 15.9. The molecule has 0 fully saturated rings. The van der Waals surface area contributed by atoms with Crippen LogP contribution in [0.4, 0.5) is 17.3 Å². The van der Waals surface area contributed by atoms with Gasteiger partial charge in [-0.05, 0) is 56.6 Å². The third kappa shape index (κ3) is 5.78. The Kier molecular flexibility index (Phi) is 6.54. The van der Waals surface area contributed by atoms with Gasteiger partial charge < -0.3 is 20.3 Å². The summed E-state index contributed by atoms with van der Waals surface area (Å²) in [5.41, 5.74) is 2.05. The van der Waals surface area contributed by atoms with Crippen molar-refractivity contribution in [3.63, 3.8) is 0 Å². The zero-order valence-corrected chi connectivity index (χ0v) is 15.9. The molecule has 144 valence electrons. The molecule has 7 nitrogen and oxygen atoms in total. The number of nitrogens with zero attached hydrogens (tertiary/aromatic N) is 3. The number of carbonyl (C=O) groups excluding carboxylic acids is 1. The Morgan fingerprint density at radius 1 is 1.00 bits per heavy atom. The molecule has 0 aliphatic carbocycles. The number of anilines is 3. The minimum atomic E-state index is -0.187. The average Bonchev–Trinajstić information content (AvgIpc) is 2.69. The third-order valence-electron chi connectivity index (χ3n) is 3.87. The van der Waals surface area contributed by atoms with Crippen LogP contribution < -0.4 is 15.4 Å². The minimum absolute atomic E-state index is 0.187. The highest BCUT2D eigenvalue weighted by Crippen LogP contribution is 2.19. The quantitative estimate of drug-likeness (QED) is 0.626. The number of ether oxygens (including phenoxy) is 1. The van der Waals surface area contributed by atoms with Gasteiger partial charge in [-0.15, -0.1) is 0 Å². The highest BCUT2D eigenvalue weighted by molar-refractivity contribution is 6.04. The van der Waals surface area contributed by atoms with Crippen LogP contribution >= 0.6 is 0 Å². The van der Waals surface area contributed by atoms with Gasteiger partial charge in [-0.3, -0.25) is 4.79 Å². The number of rotatable bonds is 8. The van der Waals surface area contributed by atoms with Gasteiger partial charge in [-0.25, -0.2) is 9.97 Å². The summed E-state index contributed by atoms with van der Waals surface area (Å²) < 4.78 is 5.70. The molecule has 0 unspecified atom stereocenters. The van der Waals surface area contributed by atoms with E-state index in [1.165, 1.54) is 0 Å². The first kappa shape index (κ1) is 19.3. The van der Waals surface area contributed by atoms with Gasteiger partial charge in [0.1, 0.15) is 12.4 Å². The van der Waals surface area contributed by atoms with Crippen molar-refractivity contribution in [2.24, 2.45) is 0 Å². The maximum atomic E-state index is 12.5. The minimum Gasteiger partial charge on any atom is -0.492 e. The van der Waals surface area contributed by atoms with E-state index in [1.807, 2.05) is 55.4 Å². The van der Waals surface area contributed by atoms with E-state index in [9.17, 15) is 4.79 Å². The lowest BCUT2D eigenvalue weighted by Gasteiger charge is -2.12. The van der Waals surface area contributed by atoms with Crippen LogP contribution in [0, 0.1) is 0 Å². The second kappa shape index (κ2) is 9.48. The van der Waals surface area contributed by atoms with Crippen LogP contribution in [0.3, 0.4) is 0 Å². The molecule has 0 aliphatic heterocycles. The molecule has 0 saturated carbocycles. The van der Waals surface area contributed by atoms with Gasteiger partial charge in [0.25, 0.3) is 5.91 Å². The van der Waals surface area contributed by atoms with Crippen molar-refractivity contribution >= 4 is 23.2 Å². The SMILES string of the molecule is CN(C)CCOc1cccc(NC(=O)c2ccc(Nc3ncccn3)cc2)c1. The highest BCUT2D eigenvalue weighted by atomic mass is 16.5. The second-order valence-corrected chi connectivity index (χ2v) is 6.41. The molecule has 28 heavy (non-hydrogen) atoms. The topological polar surface area (TPSA) is 79.4 Å². The van der Waals surface area contributed by atoms with Crippen molar-refractivity contribution in [3.05, 3.63) is 72.6 Å². The smallest absolute Gasteiger partial charge is 0.255 e. The Morgan fingerprint density at radius 2 is 1.75 bits per heavy atom. The fourth-order valence-electron chi connectivity index (χ4n) is 2.41. The number of benzene rings is 2. The lowest BCUT2D eigenvalue weighted by molar-refractivity contribution is 0.102. The summed E-state index contributed by atoms with van der Waals surface area (Å²) in [6.07, 6.45) is 3.32. The van der Waals surface area contributed by atoms with Gasteiger partial charge in [-0.2, -0.15) is 0 Å². The molecular formula is C21H23N5O2. The van der Waals surface area contributed by atoms with E-state index >= 15 is 0 Å². The average molecular weight is 377 g/mol. The molecule has 2 N–H and O–H groups in total. The molecule has 0 atom stereocenters. The van der Waals surface area contributed by atoms with Gasteiger partial charge in [0.15, 0.2) is 0 Å². The first-order valence-corrected chi connectivity index (χ1v) is 8.93. The number of nitrogens with one attached hydrogen (secondary N) is 2. The molecular weight excluding hydrogens is 354 g/mol. The molecule has 0 aliphatic rings. The third-order valence-corrected chi connectivity index (χ3v) is 3.87. The van der Waals surface area contributed by atoms with E-state index in [1.54, 1.807) is 30.6 Å². The van der Waals surface area contributed by atoms with Gasteiger partial charge in [0.2, 0.25) is 5.95 Å². The molecule has 1 amide bonds. The van der Waals surface area contributed by atoms with Gasteiger partial charge in [0.05, 0.1) is 0 Å². The van der Waals surface area contributed by atoms with Crippen LogP contribution in [0.2, 0.25) is 0 Å². The molecule has 1 aromatic heterocycles. The van der Waals surface area contributed by atoms with E-state index in [4.69, 9.17) is 4.74 Å². The second-order valence-electron chi connectivity index (χ2n) is 6.41. The van der Waals surface area contributed by atoms with Crippen molar-refractivity contribution in [1.29, 1.82) is 0 Å². The molecule has 0 saturated heterocycles. The molecule has 2 aromatic carbocycles. The Balaban J connectivity index is 1.58. The first-order valence-electron chi connectivity index (χ1n) is 8.93. The van der Waals surface area contributed by atoms with Crippen molar-refractivity contribution in [2.45, 2.75) is 0 Å². The Bertz CT molecular complexity index is 898. The summed E-state index contributed by atoms with van der Waals surface area (Å²) in [6, 6.07) is 16.2. The number of aromatic nitrogens is 2. The number of hydrogen-bond acceptors (Lipinski definition) is 6. The van der Waals surface area contributed by atoms with Gasteiger partial charge >= 0.3 is 0 Å². The summed E-state index contributed by atoms with van der Waals surface area (Å²) in [5, 5.41) is 5.97. The van der Waals surface area contributed by atoms with Crippen LogP contribution in [-0.2, 0) is 0 Å². The predicted molar refractivity (Wildman–Crippen MR) is 110 cm³/mol. The standard InChI is InChI=1S/C21H23N5O2/c1-26(2)13-14-28-19-6-3-5-18(15-19)24-20(27)16-7-9-17(10-8-16)25-21-22-11-4-12-23-21/h3-12,15H,13-14H2,1-2H3,(H,24,27)(H,22,23,25). The maximum Gasteiger partial charge on any atom is 0.255 e. The van der Waals surface area contributed by atoms with Crippen LogP contribution in [0.5, 0.6) is 5.75 Å². The predicted octanol–water partition coefficient (Wildman–Crippen LogP) is 3.41. The van der Waals surface area contributed by atoms with Crippen molar-refractivity contribution in [1.82, 2.24) is 14.9 Å². The zero-order chi connectivity index (χ0) is 19.8. The summed E-state index contributed by atoms with van der Waals surface area (Å²) in [5.74, 6) is 1.04. The van der Waals surface area contributed by atoms with Crippen molar-refractivity contribution in [2.75, 3.05) is 37.9 Å². The van der Waals surface area contributed by atoms with E-state index in [-0.39, 0.29) is 5.91 Å². The summed E-state index contributed by atoms with van der Waals surface area (Å²) in [4.78, 5) is 22.8. The van der Waals surface area contributed by atoms with Gasteiger partial charge in [0, 0.05) is 41.9 Å². The van der Waals surface area contributed by atoms with Crippen molar-refractivity contribution in [3.8, 4) is 5.75 Å². The Hall–Kier alpha value is -3.45. The lowest BCUT2D eigenvalue weighted by atomic mass is 10.2. The normalized spacial score (nSPS) is 10.5. The van der Waals surface area contributed by atoms with E-state index in [2.05, 4.69) is 20.6 Å². The molecule has 1 heterocycles. The van der Waals surface area contributed by atoms with Crippen LogP contribution in [-0.4, -0.2) is 48.0 Å². The van der Waals surface area contributed by atoms with E-state index in [0.717, 1.165) is 18.0 Å². The number of hydrogen-bond donors (Lipinski definition) is 2. The first-order chi connectivity index (χ1) is 13.6. The summed E-state index contributed by atoms with van der Waals surface area (Å²) >= 11 is 0.